The second-order valence-electron chi connectivity index (χ2n) is 7.68. The van der Waals surface area contributed by atoms with Crippen molar-refractivity contribution in [1.82, 2.24) is 0 Å². The Bertz CT molecular complexity index is 977. The van der Waals surface area contributed by atoms with Crippen molar-refractivity contribution < 1.29 is 33.6 Å². The van der Waals surface area contributed by atoms with Gasteiger partial charge in [0.1, 0.15) is 12.4 Å². The van der Waals surface area contributed by atoms with Crippen LogP contribution in [0.15, 0.2) is 48.5 Å². The van der Waals surface area contributed by atoms with E-state index in [0.29, 0.717) is 11.1 Å². The minimum absolute atomic E-state index is 0.299. The molecule has 1 aliphatic heterocycles. The van der Waals surface area contributed by atoms with Gasteiger partial charge in [-0.1, -0.05) is 36.4 Å². The third-order valence-electron chi connectivity index (χ3n) is 4.48. The summed E-state index contributed by atoms with van der Waals surface area (Å²) in [6.07, 6.45) is -0.864. The first-order valence-electron chi connectivity index (χ1n) is 9.17. The number of esters is 1. The van der Waals surface area contributed by atoms with Crippen molar-refractivity contribution in [3.05, 3.63) is 48.5 Å². The zero-order valence-corrected chi connectivity index (χ0v) is 17.1. The summed E-state index contributed by atoms with van der Waals surface area (Å²) in [5, 5.41) is 19.5. The van der Waals surface area contributed by atoms with Gasteiger partial charge in [0.15, 0.2) is 0 Å². The number of aliphatic carboxylic acids is 1. The Morgan fingerprint density at radius 1 is 1.10 bits per heavy atom. The number of aliphatic hydroxyl groups is 1. The molecular formula is C21H23O7P. The highest BCUT2D eigenvalue weighted by Gasteiger charge is 2.41. The van der Waals surface area contributed by atoms with E-state index >= 15 is 0 Å². The van der Waals surface area contributed by atoms with Gasteiger partial charge < -0.3 is 19.5 Å². The molecule has 0 aromatic heterocycles. The lowest BCUT2D eigenvalue weighted by atomic mass is 10.0. The van der Waals surface area contributed by atoms with E-state index in [1.807, 2.05) is 24.3 Å². The summed E-state index contributed by atoms with van der Waals surface area (Å²) in [7, 11) is -3.59. The predicted molar refractivity (Wildman–Crippen MR) is 108 cm³/mol. The standard InChI is InChI=1S/C21H23O7P/c1-21(2,25)13-27-20(24)14(11-19(22)23)12-29(26)18-10-6-4-8-16(18)15-7-3-5-9-17(15)28-29/h3-10,14,25H,11-13H2,1-2H3,(H,22,23). The monoisotopic (exact) mass is 418 g/mol. The fourth-order valence-corrected chi connectivity index (χ4v) is 5.78. The van der Waals surface area contributed by atoms with Gasteiger partial charge in [0.2, 0.25) is 0 Å². The number of carboxylic acid groups (broad SMARTS) is 1. The minimum atomic E-state index is -3.59. The summed E-state index contributed by atoms with van der Waals surface area (Å²) in [5.74, 6) is -2.80. The Balaban J connectivity index is 1.94. The number of carboxylic acids is 1. The van der Waals surface area contributed by atoms with Gasteiger partial charge >= 0.3 is 11.9 Å². The Labute approximate surface area is 168 Å². The van der Waals surface area contributed by atoms with Crippen molar-refractivity contribution in [3.63, 3.8) is 0 Å². The fraction of sp³-hybridized carbons (Fsp3) is 0.333. The fourth-order valence-electron chi connectivity index (χ4n) is 3.20. The number of carbonyl (C=O) groups excluding carboxylic acids is 1. The van der Waals surface area contributed by atoms with Gasteiger partial charge in [-0.25, -0.2) is 0 Å². The summed E-state index contributed by atoms with van der Waals surface area (Å²) in [4.78, 5) is 23.8. The van der Waals surface area contributed by atoms with Crippen molar-refractivity contribution in [2.24, 2.45) is 5.92 Å². The molecule has 3 rings (SSSR count). The number of carbonyl (C=O) groups is 2. The molecule has 0 bridgehead atoms. The van der Waals surface area contributed by atoms with Crippen LogP contribution >= 0.6 is 7.37 Å². The van der Waals surface area contributed by atoms with E-state index in [1.54, 1.807) is 24.3 Å². The topological polar surface area (TPSA) is 110 Å². The predicted octanol–water partition coefficient (Wildman–Crippen LogP) is 3.05. The number of benzene rings is 2. The molecular weight excluding hydrogens is 395 g/mol. The van der Waals surface area contributed by atoms with E-state index in [4.69, 9.17) is 9.26 Å². The van der Waals surface area contributed by atoms with E-state index in [-0.39, 0.29) is 12.8 Å². The molecule has 154 valence electrons. The Morgan fingerprint density at radius 2 is 1.72 bits per heavy atom. The maximum absolute atomic E-state index is 13.8. The molecule has 0 radical (unpaired) electrons. The average molecular weight is 418 g/mol. The van der Waals surface area contributed by atoms with E-state index in [9.17, 15) is 24.4 Å². The van der Waals surface area contributed by atoms with Crippen LogP contribution < -0.4 is 9.83 Å². The van der Waals surface area contributed by atoms with Crippen molar-refractivity contribution in [1.29, 1.82) is 0 Å². The third-order valence-corrected chi connectivity index (χ3v) is 7.01. The molecule has 1 aliphatic rings. The molecule has 2 aromatic carbocycles. The summed E-state index contributed by atoms with van der Waals surface area (Å²) >= 11 is 0. The summed E-state index contributed by atoms with van der Waals surface area (Å²) < 4.78 is 24.8. The Hall–Kier alpha value is -2.63. The van der Waals surface area contributed by atoms with Crippen molar-refractivity contribution in [2.75, 3.05) is 12.8 Å². The number of ether oxygens (including phenoxy) is 1. The second kappa shape index (κ2) is 8.01. The minimum Gasteiger partial charge on any atom is -0.481 e. The molecule has 2 atom stereocenters. The average Bonchev–Trinajstić information content (AvgIpc) is 2.65. The first kappa shape index (κ1) is 21.1. The van der Waals surface area contributed by atoms with Crippen LogP contribution in [0.5, 0.6) is 5.75 Å². The van der Waals surface area contributed by atoms with Crippen LogP contribution in [0.1, 0.15) is 20.3 Å². The normalized spacial score (nSPS) is 18.7. The third kappa shape index (κ3) is 4.86. The van der Waals surface area contributed by atoms with Crippen LogP contribution in [-0.2, 0) is 18.9 Å². The summed E-state index contributed by atoms with van der Waals surface area (Å²) in [6.45, 7) is 2.63. The van der Waals surface area contributed by atoms with E-state index in [1.165, 1.54) is 13.8 Å². The molecule has 0 saturated heterocycles. The molecule has 7 nitrogen and oxygen atoms in total. The van der Waals surface area contributed by atoms with E-state index < -0.39 is 37.2 Å². The van der Waals surface area contributed by atoms with Gasteiger partial charge in [-0.2, -0.15) is 0 Å². The highest BCUT2D eigenvalue weighted by Crippen LogP contribution is 2.55. The lowest BCUT2D eigenvalue weighted by molar-refractivity contribution is -0.157. The number of hydrogen-bond donors (Lipinski definition) is 2. The highest BCUT2D eigenvalue weighted by atomic mass is 31.2. The quantitative estimate of drug-likeness (QED) is 0.525. The van der Waals surface area contributed by atoms with E-state index in [0.717, 1.165) is 11.1 Å². The molecule has 8 heteroatoms. The molecule has 2 aromatic rings. The van der Waals surface area contributed by atoms with Crippen LogP contribution in [0.2, 0.25) is 0 Å². The van der Waals surface area contributed by atoms with Crippen molar-refractivity contribution in [3.8, 4) is 16.9 Å². The van der Waals surface area contributed by atoms with E-state index in [2.05, 4.69) is 0 Å². The zero-order chi connectivity index (χ0) is 21.2. The lowest BCUT2D eigenvalue weighted by Crippen LogP contribution is -2.33. The number of fused-ring (bicyclic) bond motifs is 3. The van der Waals surface area contributed by atoms with Gasteiger partial charge in [0.25, 0.3) is 7.37 Å². The molecule has 0 aliphatic carbocycles. The molecule has 0 saturated carbocycles. The van der Waals surface area contributed by atoms with Crippen LogP contribution in [-0.4, -0.2) is 40.5 Å². The molecule has 2 unspecified atom stereocenters. The second-order valence-corrected chi connectivity index (χ2v) is 10.1. The summed E-state index contributed by atoms with van der Waals surface area (Å²) in [5.41, 5.74) is 0.256. The zero-order valence-electron chi connectivity index (χ0n) is 16.2. The van der Waals surface area contributed by atoms with Gasteiger partial charge in [0, 0.05) is 5.56 Å². The van der Waals surface area contributed by atoms with Crippen LogP contribution in [0.4, 0.5) is 0 Å². The first-order chi connectivity index (χ1) is 13.6. The molecule has 2 N–H and O–H groups in total. The molecule has 0 amide bonds. The molecule has 0 spiro atoms. The van der Waals surface area contributed by atoms with Gasteiger partial charge in [-0.3, -0.25) is 14.2 Å². The number of rotatable bonds is 7. The maximum Gasteiger partial charge on any atom is 0.310 e. The van der Waals surface area contributed by atoms with Crippen molar-refractivity contribution in [2.45, 2.75) is 25.9 Å². The number of para-hydroxylation sites is 1. The van der Waals surface area contributed by atoms with Crippen LogP contribution in [0.3, 0.4) is 0 Å². The Morgan fingerprint density at radius 3 is 2.38 bits per heavy atom. The number of hydrogen-bond acceptors (Lipinski definition) is 6. The Kier molecular flexibility index (Phi) is 5.82. The molecule has 1 heterocycles. The van der Waals surface area contributed by atoms with Gasteiger partial charge in [-0.05, 0) is 31.5 Å². The maximum atomic E-state index is 13.8. The highest BCUT2D eigenvalue weighted by molar-refractivity contribution is 7.67. The summed E-state index contributed by atoms with van der Waals surface area (Å²) in [6, 6.07) is 14.2. The van der Waals surface area contributed by atoms with Crippen LogP contribution in [0, 0.1) is 5.92 Å². The van der Waals surface area contributed by atoms with Crippen molar-refractivity contribution >= 4 is 24.6 Å². The largest absolute Gasteiger partial charge is 0.481 e. The van der Waals surface area contributed by atoms with Crippen LogP contribution in [0.25, 0.3) is 11.1 Å². The van der Waals surface area contributed by atoms with Gasteiger partial charge in [-0.15, -0.1) is 0 Å². The molecule has 29 heavy (non-hydrogen) atoms. The smallest absolute Gasteiger partial charge is 0.310 e. The lowest BCUT2D eigenvalue weighted by Gasteiger charge is -2.30. The van der Waals surface area contributed by atoms with Gasteiger partial charge in [0.05, 0.1) is 29.4 Å². The SMILES string of the molecule is CC(C)(O)COC(=O)C(CC(=O)O)CP1(=O)Oc2ccccc2-c2ccccc21. The molecule has 0 fully saturated rings. The first-order valence-corrected chi connectivity index (χ1v) is 11.0.